The average Bonchev–Trinajstić information content (AvgIpc) is 3.29. The predicted molar refractivity (Wildman–Crippen MR) is 100 cm³/mol. The topological polar surface area (TPSA) is 28.6 Å². The summed E-state index contributed by atoms with van der Waals surface area (Å²) in [6.07, 6.45) is 13.3. The van der Waals surface area contributed by atoms with Crippen molar-refractivity contribution in [3.63, 3.8) is 0 Å². The highest BCUT2D eigenvalue weighted by atomic mass is 16.5. The molecule has 1 saturated carbocycles. The molecule has 1 atom stereocenters. The second kappa shape index (κ2) is 7.73. The Morgan fingerprint density at radius 3 is 2.80 bits per heavy atom. The molecule has 3 heterocycles. The number of likely N-dealkylation sites (tertiary alicyclic amines) is 1. The number of pyridine rings is 1. The Hall–Kier alpha value is -0.970. The first-order valence-electron chi connectivity index (χ1n) is 10.2. The van der Waals surface area contributed by atoms with Gasteiger partial charge in [0, 0.05) is 44.6 Å². The number of hydrogen-bond acceptors (Lipinski definition) is 4. The Bertz CT molecular complexity index is 535. The standard InChI is InChI=1S/C21H33N3O/c1-23(15-19-7-4-10-22-14-19)20-13-21(25-17-20)8-11-24(12-9-21)16-18-5-2-3-6-18/h4,7,10,14,18,20H,2-3,5-6,8-9,11-13,15-17H2,1H3/t20-/m0/s1. The minimum atomic E-state index is 0.153. The van der Waals surface area contributed by atoms with Gasteiger partial charge in [0.1, 0.15) is 0 Å². The van der Waals surface area contributed by atoms with Crippen molar-refractivity contribution in [2.75, 3.05) is 33.3 Å². The molecule has 1 spiro atoms. The lowest BCUT2D eigenvalue weighted by molar-refractivity contribution is -0.0458. The molecular weight excluding hydrogens is 310 g/mol. The van der Waals surface area contributed by atoms with E-state index in [1.54, 1.807) is 0 Å². The van der Waals surface area contributed by atoms with Crippen LogP contribution in [0.5, 0.6) is 0 Å². The van der Waals surface area contributed by atoms with Crippen LogP contribution in [0.4, 0.5) is 0 Å². The molecular formula is C21H33N3O. The molecule has 0 N–H and O–H groups in total. The van der Waals surface area contributed by atoms with Gasteiger partial charge in [-0.1, -0.05) is 18.9 Å². The summed E-state index contributed by atoms with van der Waals surface area (Å²) in [6, 6.07) is 4.73. The molecule has 2 aliphatic heterocycles. The molecule has 1 aromatic heterocycles. The van der Waals surface area contributed by atoms with Gasteiger partial charge in [0.15, 0.2) is 0 Å². The van der Waals surface area contributed by atoms with E-state index < -0.39 is 0 Å². The van der Waals surface area contributed by atoms with Crippen LogP contribution in [0.25, 0.3) is 0 Å². The van der Waals surface area contributed by atoms with Crippen molar-refractivity contribution in [1.29, 1.82) is 0 Å². The summed E-state index contributed by atoms with van der Waals surface area (Å²) in [5.74, 6) is 0.969. The van der Waals surface area contributed by atoms with Gasteiger partial charge in [0.2, 0.25) is 0 Å². The maximum absolute atomic E-state index is 6.39. The molecule has 2 saturated heterocycles. The van der Waals surface area contributed by atoms with E-state index in [-0.39, 0.29) is 5.60 Å². The average molecular weight is 344 g/mol. The van der Waals surface area contributed by atoms with Crippen molar-refractivity contribution < 1.29 is 4.74 Å². The summed E-state index contributed by atoms with van der Waals surface area (Å²) >= 11 is 0. The van der Waals surface area contributed by atoms with Crippen LogP contribution in [0.15, 0.2) is 24.5 Å². The Kier molecular flexibility index (Phi) is 5.39. The van der Waals surface area contributed by atoms with Crippen molar-refractivity contribution in [3.05, 3.63) is 30.1 Å². The van der Waals surface area contributed by atoms with Gasteiger partial charge in [-0.15, -0.1) is 0 Å². The minimum absolute atomic E-state index is 0.153. The van der Waals surface area contributed by atoms with Gasteiger partial charge < -0.3 is 9.64 Å². The first-order valence-corrected chi connectivity index (χ1v) is 10.2. The van der Waals surface area contributed by atoms with Crippen LogP contribution >= 0.6 is 0 Å². The molecule has 4 rings (SSSR count). The zero-order valence-electron chi connectivity index (χ0n) is 15.7. The molecule has 0 bridgehead atoms. The summed E-state index contributed by atoms with van der Waals surface area (Å²) in [7, 11) is 2.23. The van der Waals surface area contributed by atoms with E-state index in [9.17, 15) is 0 Å². The molecule has 4 nitrogen and oxygen atoms in total. The monoisotopic (exact) mass is 343 g/mol. The van der Waals surface area contributed by atoms with Gasteiger partial charge in [-0.2, -0.15) is 0 Å². The van der Waals surface area contributed by atoms with Crippen LogP contribution < -0.4 is 0 Å². The molecule has 3 aliphatic rings. The Balaban J connectivity index is 1.26. The van der Waals surface area contributed by atoms with Crippen LogP contribution in [0.2, 0.25) is 0 Å². The third-order valence-electron chi connectivity index (χ3n) is 6.73. The van der Waals surface area contributed by atoms with Crippen molar-refractivity contribution in [2.45, 2.75) is 63.1 Å². The van der Waals surface area contributed by atoms with Gasteiger partial charge in [-0.25, -0.2) is 0 Å². The number of hydrogen-bond donors (Lipinski definition) is 0. The maximum atomic E-state index is 6.39. The van der Waals surface area contributed by atoms with Crippen molar-refractivity contribution >= 4 is 0 Å². The van der Waals surface area contributed by atoms with Crippen LogP contribution in [-0.2, 0) is 11.3 Å². The smallest absolute Gasteiger partial charge is 0.0723 e. The van der Waals surface area contributed by atoms with Gasteiger partial charge in [0.25, 0.3) is 0 Å². The zero-order chi connectivity index (χ0) is 17.1. The van der Waals surface area contributed by atoms with E-state index in [1.165, 1.54) is 70.1 Å². The van der Waals surface area contributed by atoms with E-state index in [0.29, 0.717) is 6.04 Å². The summed E-state index contributed by atoms with van der Waals surface area (Å²) in [6.45, 7) is 5.65. The number of aromatic nitrogens is 1. The fourth-order valence-corrected chi connectivity index (χ4v) is 5.06. The third kappa shape index (κ3) is 4.24. The molecule has 1 aromatic rings. The van der Waals surface area contributed by atoms with Crippen molar-refractivity contribution in [1.82, 2.24) is 14.8 Å². The third-order valence-corrected chi connectivity index (χ3v) is 6.73. The molecule has 3 fully saturated rings. The summed E-state index contributed by atoms with van der Waals surface area (Å²) in [5, 5.41) is 0. The Labute approximate surface area is 152 Å². The number of piperidine rings is 1. The molecule has 0 aromatic carbocycles. The number of likely N-dealkylation sites (N-methyl/N-ethyl adjacent to an activating group) is 1. The van der Waals surface area contributed by atoms with E-state index in [2.05, 4.69) is 27.9 Å². The Morgan fingerprint density at radius 2 is 2.08 bits per heavy atom. The van der Waals surface area contributed by atoms with Crippen molar-refractivity contribution in [3.8, 4) is 0 Å². The predicted octanol–water partition coefficient (Wildman–Crippen LogP) is 3.33. The quantitative estimate of drug-likeness (QED) is 0.820. The molecule has 0 amide bonds. The first-order chi connectivity index (χ1) is 12.2. The van der Waals surface area contributed by atoms with Crippen molar-refractivity contribution in [2.24, 2.45) is 5.92 Å². The van der Waals surface area contributed by atoms with Crippen LogP contribution in [0, 0.1) is 5.92 Å². The summed E-state index contributed by atoms with van der Waals surface area (Å²) in [5.41, 5.74) is 1.44. The van der Waals surface area contributed by atoms with E-state index >= 15 is 0 Å². The highest BCUT2D eigenvalue weighted by molar-refractivity contribution is 5.08. The highest BCUT2D eigenvalue weighted by Gasteiger charge is 2.43. The summed E-state index contributed by atoms with van der Waals surface area (Å²) < 4.78 is 6.39. The molecule has 138 valence electrons. The zero-order valence-corrected chi connectivity index (χ0v) is 15.7. The van der Waals surface area contributed by atoms with Gasteiger partial charge in [0.05, 0.1) is 12.2 Å². The lowest BCUT2D eigenvalue weighted by Gasteiger charge is -2.39. The minimum Gasteiger partial charge on any atom is -0.373 e. The SMILES string of the molecule is CN(Cc1cccnc1)[C@@H]1COC2(CCN(CC3CCCC3)CC2)C1. The second-order valence-electron chi connectivity index (χ2n) is 8.58. The van der Waals surface area contributed by atoms with Crippen LogP contribution in [0.1, 0.15) is 50.5 Å². The number of nitrogens with zero attached hydrogens (tertiary/aromatic N) is 3. The lowest BCUT2D eigenvalue weighted by Crippen LogP contribution is -2.46. The largest absolute Gasteiger partial charge is 0.373 e. The molecule has 1 aliphatic carbocycles. The van der Waals surface area contributed by atoms with E-state index in [0.717, 1.165) is 19.1 Å². The number of rotatable bonds is 5. The van der Waals surface area contributed by atoms with E-state index in [1.807, 2.05) is 18.5 Å². The summed E-state index contributed by atoms with van der Waals surface area (Å²) in [4.78, 5) is 9.40. The van der Waals surface area contributed by atoms with Crippen LogP contribution in [0.3, 0.4) is 0 Å². The normalized spacial score (nSPS) is 27.5. The van der Waals surface area contributed by atoms with Gasteiger partial charge in [-0.3, -0.25) is 9.88 Å². The van der Waals surface area contributed by atoms with E-state index in [4.69, 9.17) is 4.74 Å². The molecule has 0 unspecified atom stereocenters. The first kappa shape index (κ1) is 17.4. The maximum Gasteiger partial charge on any atom is 0.0723 e. The molecule has 0 radical (unpaired) electrons. The molecule has 25 heavy (non-hydrogen) atoms. The highest BCUT2D eigenvalue weighted by Crippen LogP contribution is 2.38. The fourth-order valence-electron chi connectivity index (χ4n) is 5.06. The molecule has 4 heteroatoms. The second-order valence-corrected chi connectivity index (χ2v) is 8.58. The number of ether oxygens (including phenoxy) is 1. The lowest BCUT2D eigenvalue weighted by atomic mass is 9.86. The Morgan fingerprint density at radius 1 is 1.28 bits per heavy atom. The van der Waals surface area contributed by atoms with Gasteiger partial charge >= 0.3 is 0 Å². The van der Waals surface area contributed by atoms with Gasteiger partial charge in [-0.05, 0) is 56.7 Å². The van der Waals surface area contributed by atoms with Crippen LogP contribution in [-0.4, -0.2) is 59.7 Å². The fraction of sp³-hybridized carbons (Fsp3) is 0.762.